The third-order valence-electron chi connectivity index (χ3n) is 11.6. The summed E-state index contributed by atoms with van der Waals surface area (Å²) in [7, 11) is 0. The first kappa shape index (κ1) is 55.9. The third-order valence-corrected chi connectivity index (χ3v) is 12.7. The van der Waals surface area contributed by atoms with E-state index >= 15 is 0 Å². The van der Waals surface area contributed by atoms with Crippen molar-refractivity contribution < 1.29 is 14.5 Å². The number of carbonyl (C=O) groups is 2. The maximum Gasteiger partial charge on any atom is 0.269 e. The molecule has 0 saturated carbocycles. The van der Waals surface area contributed by atoms with Crippen LogP contribution in [-0.4, -0.2) is 36.1 Å². The fourth-order valence-electron chi connectivity index (χ4n) is 7.73. The fourth-order valence-corrected chi connectivity index (χ4v) is 8.26. The van der Waals surface area contributed by atoms with Gasteiger partial charge in [0.15, 0.2) is 11.6 Å². The highest BCUT2D eigenvalue weighted by Crippen LogP contribution is 2.31. The van der Waals surface area contributed by atoms with Gasteiger partial charge >= 0.3 is 0 Å². The maximum atomic E-state index is 11.8. The molecule has 11 nitrogen and oxygen atoms in total. The van der Waals surface area contributed by atoms with Gasteiger partial charge in [0.2, 0.25) is 0 Å². The molecule has 0 fully saturated rings. The van der Waals surface area contributed by atoms with Crippen molar-refractivity contribution in [3.63, 3.8) is 0 Å². The number of ketones is 2. The van der Waals surface area contributed by atoms with Crippen molar-refractivity contribution in [1.82, 2.24) is 19.6 Å². The number of Topliss-reactive ketones (excluding diaryl/α,β-unsaturated/α-hetero) is 2. The summed E-state index contributed by atoms with van der Waals surface area (Å²) in [5, 5.41) is 19.9. The SMILES string of the molecule is Brc1ccc(-n2nc(-c3ccccc3)cc2-c2ccccc2)cc1.Brc1ccc(-n2nc(-c3ccccc3)cc2-c2ccccc2)cc1.Cl.NNc1ccc([N+](=O)[O-])cc1.O=C(CC(=O)c1ccccc1)c1ccccc1. The van der Waals surface area contributed by atoms with Gasteiger partial charge in [-0.25, -0.2) is 9.36 Å². The van der Waals surface area contributed by atoms with Crippen LogP contribution in [0.15, 0.2) is 276 Å². The van der Waals surface area contributed by atoms with E-state index in [4.69, 9.17) is 16.0 Å². The highest BCUT2D eigenvalue weighted by Gasteiger charge is 2.16. The van der Waals surface area contributed by atoms with Gasteiger partial charge in [0, 0.05) is 60.1 Å². The number of nitro groups is 1. The molecule has 0 atom stereocenters. The van der Waals surface area contributed by atoms with Gasteiger partial charge < -0.3 is 5.43 Å². The van der Waals surface area contributed by atoms with E-state index in [1.807, 2.05) is 94.3 Å². The van der Waals surface area contributed by atoms with Crippen molar-refractivity contribution in [2.45, 2.75) is 6.42 Å². The number of hydrogen-bond acceptors (Lipinski definition) is 8. The smallest absolute Gasteiger partial charge is 0.269 e. The summed E-state index contributed by atoms with van der Waals surface area (Å²) in [6.07, 6.45) is -0.0754. The van der Waals surface area contributed by atoms with E-state index in [0.29, 0.717) is 16.8 Å². The standard InChI is InChI=1S/2C21H15BrN2.C15H12O2.C6H7N3O2.ClH/c2*22-18-11-13-19(14-12-18)24-21(17-9-5-2-6-10-17)15-20(23-24)16-7-3-1-4-8-16;16-14(12-7-3-1-4-8-12)11-15(17)13-9-5-2-6-10-13;7-8-5-1-3-6(4-2-5)9(10)11;/h2*1-15H;1-10H,11H2;1-4,8H,7H2;1H. The molecular weight excluding hydrogens is 1110 g/mol. The van der Waals surface area contributed by atoms with E-state index < -0.39 is 4.92 Å². The zero-order valence-corrected chi connectivity index (χ0v) is 45.2. The van der Waals surface area contributed by atoms with E-state index in [0.717, 1.165) is 65.3 Å². The Morgan fingerprint density at radius 1 is 0.455 bits per heavy atom. The van der Waals surface area contributed by atoms with Crippen molar-refractivity contribution in [2.75, 3.05) is 5.43 Å². The first-order valence-corrected chi connectivity index (χ1v) is 25.5. The quantitative estimate of drug-likeness (QED) is 0.0403. The molecule has 0 aliphatic rings. The van der Waals surface area contributed by atoms with Crippen LogP contribution in [0.1, 0.15) is 27.1 Å². The van der Waals surface area contributed by atoms with E-state index in [9.17, 15) is 19.7 Å². The lowest BCUT2D eigenvalue weighted by Crippen LogP contribution is -2.08. The summed E-state index contributed by atoms with van der Waals surface area (Å²) >= 11 is 6.99. The predicted molar refractivity (Wildman–Crippen MR) is 319 cm³/mol. The molecule has 0 saturated heterocycles. The Labute approximate surface area is 469 Å². The van der Waals surface area contributed by atoms with Gasteiger partial charge in [0.25, 0.3) is 5.69 Å². The number of nitro benzene ring substituents is 1. The van der Waals surface area contributed by atoms with Gasteiger partial charge in [-0.2, -0.15) is 10.2 Å². The lowest BCUT2D eigenvalue weighted by molar-refractivity contribution is -0.384. The van der Waals surface area contributed by atoms with Crippen LogP contribution in [-0.2, 0) is 0 Å². The fraction of sp³-hybridized carbons (Fsp3) is 0.0159. The second-order valence-corrected chi connectivity index (χ2v) is 18.6. The van der Waals surface area contributed by atoms with E-state index in [1.165, 1.54) is 24.3 Å². The van der Waals surface area contributed by atoms with E-state index in [1.54, 1.807) is 48.5 Å². The third kappa shape index (κ3) is 15.6. The van der Waals surface area contributed by atoms with Crippen LogP contribution in [0.2, 0.25) is 0 Å². The number of nitrogen functional groups attached to an aromatic ring is 1. The van der Waals surface area contributed by atoms with Crippen LogP contribution in [0.4, 0.5) is 11.4 Å². The Kier molecular flexibility index (Phi) is 20.4. The average molecular weight is 1160 g/mol. The number of hydrogen-bond donors (Lipinski definition) is 2. The van der Waals surface area contributed by atoms with Crippen molar-refractivity contribution in [1.29, 1.82) is 0 Å². The number of carbonyl (C=O) groups excluding carboxylic acids is 2. The Bertz CT molecular complexity index is 3380. The van der Waals surface area contributed by atoms with Crippen LogP contribution in [0, 0.1) is 10.1 Å². The molecule has 2 heterocycles. The number of anilines is 1. The lowest BCUT2D eigenvalue weighted by atomic mass is 10.0. The number of hydrazine groups is 1. The largest absolute Gasteiger partial charge is 0.324 e. The summed E-state index contributed by atoms with van der Waals surface area (Å²) in [4.78, 5) is 33.3. The molecule has 0 unspecified atom stereocenters. The zero-order chi connectivity index (χ0) is 53.1. The minimum absolute atomic E-state index is 0. The number of nitrogens with zero attached hydrogens (tertiary/aromatic N) is 5. The molecule has 11 rings (SSSR count). The van der Waals surface area contributed by atoms with E-state index in [2.05, 4.69) is 146 Å². The Morgan fingerprint density at radius 2 is 0.766 bits per heavy atom. The summed E-state index contributed by atoms with van der Waals surface area (Å²) < 4.78 is 6.12. The number of nitrogens with one attached hydrogen (secondary N) is 1. The molecule has 0 bridgehead atoms. The number of aromatic nitrogens is 4. The van der Waals surface area contributed by atoms with Gasteiger partial charge in [-0.15, -0.1) is 12.4 Å². The molecule has 9 aromatic carbocycles. The van der Waals surface area contributed by atoms with Crippen LogP contribution in [0.5, 0.6) is 0 Å². The van der Waals surface area contributed by atoms with Crippen LogP contribution in [0.3, 0.4) is 0 Å². The molecule has 11 aromatic rings. The number of nitrogens with two attached hydrogens (primary N) is 1. The van der Waals surface area contributed by atoms with Gasteiger partial charge in [0.05, 0.1) is 45.5 Å². The summed E-state index contributed by atoms with van der Waals surface area (Å²) in [5.41, 5.74) is 15.0. The van der Waals surface area contributed by atoms with Crippen LogP contribution < -0.4 is 11.3 Å². The Hall–Kier alpha value is -8.85. The van der Waals surface area contributed by atoms with Crippen molar-refractivity contribution in [3.8, 4) is 56.4 Å². The minimum atomic E-state index is -0.458. The molecule has 3 N–H and O–H groups in total. The first-order valence-electron chi connectivity index (χ1n) is 23.9. The normalized spacial score (nSPS) is 10.2. The second kappa shape index (κ2) is 28.2. The lowest BCUT2D eigenvalue weighted by Gasteiger charge is -2.07. The van der Waals surface area contributed by atoms with Gasteiger partial charge in [-0.3, -0.25) is 25.5 Å². The van der Waals surface area contributed by atoms with Gasteiger partial charge in [-0.05, 0) is 72.8 Å². The summed E-state index contributed by atoms with van der Waals surface area (Å²) in [6, 6.07) is 85.6. The monoisotopic (exact) mass is 1160 g/mol. The summed E-state index contributed by atoms with van der Waals surface area (Å²) in [5.74, 6) is 4.78. The van der Waals surface area contributed by atoms with E-state index in [-0.39, 0.29) is 36.1 Å². The first-order chi connectivity index (χ1) is 37.1. The van der Waals surface area contributed by atoms with Crippen molar-refractivity contribution in [2.24, 2.45) is 5.84 Å². The molecular formula is C63H50Br2ClN7O4. The number of benzene rings is 9. The molecule has 0 spiro atoms. The minimum Gasteiger partial charge on any atom is -0.324 e. The second-order valence-electron chi connectivity index (χ2n) is 16.8. The highest BCUT2D eigenvalue weighted by atomic mass is 79.9. The Balaban J connectivity index is 0.000000154. The number of halogens is 3. The van der Waals surface area contributed by atoms with Crippen molar-refractivity contribution in [3.05, 3.63) is 297 Å². The maximum absolute atomic E-state index is 11.8. The molecule has 0 aliphatic carbocycles. The topological polar surface area (TPSA) is 151 Å². The molecule has 382 valence electrons. The van der Waals surface area contributed by atoms with Gasteiger partial charge in [0.1, 0.15) is 0 Å². The Morgan fingerprint density at radius 3 is 1.08 bits per heavy atom. The highest BCUT2D eigenvalue weighted by molar-refractivity contribution is 9.10. The predicted octanol–water partition coefficient (Wildman–Crippen LogP) is 16.4. The molecule has 0 aliphatic heterocycles. The molecule has 14 heteroatoms. The summed E-state index contributed by atoms with van der Waals surface area (Å²) in [6.45, 7) is 0. The number of rotatable bonds is 12. The molecule has 0 radical (unpaired) electrons. The average Bonchev–Trinajstić information content (AvgIpc) is 4.15. The van der Waals surface area contributed by atoms with Crippen LogP contribution in [0.25, 0.3) is 56.4 Å². The molecule has 77 heavy (non-hydrogen) atoms. The van der Waals surface area contributed by atoms with Crippen molar-refractivity contribution >= 4 is 67.2 Å². The van der Waals surface area contributed by atoms with Gasteiger partial charge in [-0.1, -0.05) is 214 Å². The molecule has 2 aromatic heterocycles. The van der Waals surface area contributed by atoms with Crippen LogP contribution >= 0.6 is 44.3 Å². The zero-order valence-electron chi connectivity index (χ0n) is 41.2. The molecule has 0 amide bonds. The number of non-ortho nitro benzene ring substituents is 1.